The molecular formula is C26H27ClN4O4S. The first-order chi connectivity index (χ1) is 17.2. The predicted octanol–water partition coefficient (Wildman–Crippen LogP) is 5.70. The maximum absolute atomic E-state index is 12.7. The molecule has 8 nitrogen and oxygen atoms in total. The Morgan fingerprint density at radius 2 is 1.89 bits per heavy atom. The van der Waals surface area contributed by atoms with E-state index < -0.39 is 5.91 Å². The van der Waals surface area contributed by atoms with E-state index >= 15 is 0 Å². The summed E-state index contributed by atoms with van der Waals surface area (Å²) in [6.07, 6.45) is 1.56. The number of rotatable bonds is 8. The molecule has 1 N–H and O–H groups in total. The van der Waals surface area contributed by atoms with Crippen molar-refractivity contribution in [3.05, 3.63) is 57.6 Å². The van der Waals surface area contributed by atoms with Crippen molar-refractivity contribution < 1.29 is 19.0 Å². The number of hydrazone groups is 1. The number of nitrogens with zero attached hydrogens (tertiary/aromatic N) is 3. The van der Waals surface area contributed by atoms with Crippen LogP contribution in [0.25, 0.3) is 6.08 Å². The maximum Gasteiger partial charge on any atom is 0.283 e. The van der Waals surface area contributed by atoms with Crippen LogP contribution in [-0.4, -0.2) is 47.3 Å². The van der Waals surface area contributed by atoms with E-state index in [-0.39, 0.29) is 23.9 Å². The van der Waals surface area contributed by atoms with E-state index in [0.717, 1.165) is 16.4 Å². The van der Waals surface area contributed by atoms with Gasteiger partial charge in [-0.3, -0.25) is 10.2 Å². The van der Waals surface area contributed by atoms with Gasteiger partial charge in [-0.1, -0.05) is 43.1 Å². The van der Waals surface area contributed by atoms with Gasteiger partial charge in [0.15, 0.2) is 17.3 Å². The molecule has 0 saturated heterocycles. The molecule has 0 spiro atoms. The van der Waals surface area contributed by atoms with Crippen molar-refractivity contribution in [2.45, 2.75) is 27.7 Å². The van der Waals surface area contributed by atoms with E-state index in [1.54, 1.807) is 18.2 Å². The number of methoxy groups -OCH3 is 1. The van der Waals surface area contributed by atoms with Gasteiger partial charge in [-0.15, -0.1) is 0 Å². The highest BCUT2D eigenvalue weighted by atomic mass is 35.5. The molecule has 0 unspecified atom stereocenters. The second kappa shape index (κ2) is 10.8. The number of thioether (sulfide) groups is 1. The van der Waals surface area contributed by atoms with Gasteiger partial charge in [-0.05, 0) is 61.0 Å². The van der Waals surface area contributed by atoms with E-state index in [9.17, 15) is 4.79 Å². The quantitative estimate of drug-likeness (QED) is 0.350. The minimum atomic E-state index is -0.502. The van der Waals surface area contributed by atoms with Gasteiger partial charge in [-0.2, -0.15) is 15.1 Å². The van der Waals surface area contributed by atoms with Gasteiger partial charge < -0.3 is 14.2 Å². The zero-order valence-corrected chi connectivity index (χ0v) is 22.3. The summed E-state index contributed by atoms with van der Waals surface area (Å²) in [7, 11) is 1.51. The molecule has 36 heavy (non-hydrogen) atoms. The SMILES string of the molecule is COc1cc(/C=C2/C(=N)N3N=C(C(C)C)SC3=NC2=O)cc(Cl)c1OCCOc1ccc(C)cc1C. The Labute approximate surface area is 219 Å². The fourth-order valence-corrected chi connectivity index (χ4v) is 4.79. The van der Waals surface area contributed by atoms with E-state index in [1.807, 2.05) is 39.8 Å². The smallest absolute Gasteiger partial charge is 0.283 e. The lowest BCUT2D eigenvalue weighted by Crippen LogP contribution is -2.35. The predicted molar refractivity (Wildman–Crippen MR) is 145 cm³/mol. The van der Waals surface area contributed by atoms with E-state index in [2.05, 4.69) is 16.2 Å². The van der Waals surface area contributed by atoms with Crippen molar-refractivity contribution in [3.8, 4) is 17.2 Å². The summed E-state index contributed by atoms with van der Waals surface area (Å²) in [6, 6.07) is 9.34. The first-order valence-corrected chi connectivity index (χ1v) is 12.6. The number of nitrogens with one attached hydrogen (secondary N) is 1. The van der Waals surface area contributed by atoms with Gasteiger partial charge in [0.05, 0.1) is 17.7 Å². The molecule has 0 fully saturated rings. The number of hydrogen-bond acceptors (Lipinski definition) is 7. The van der Waals surface area contributed by atoms with Crippen LogP contribution in [0.15, 0.2) is 46.0 Å². The summed E-state index contributed by atoms with van der Waals surface area (Å²) < 4.78 is 17.2. The zero-order valence-electron chi connectivity index (χ0n) is 20.7. The Morgan fingerprint density at radius 3 is 2.58 bits per heavy atom. The van der Waals surface area contributed by atoms with E-state index in [0.29, 0.717) is 33.9 Å². The number of benzene rings is 2. The third-order valence-electron chi connectivity index (χ3n) is 5.44. The van der Waals surface area contributed by atoms with Crippen LogP contribution in [0.1, 0.15) is 30.5 Å². The number of carbonyl (C=O) groups is 1. The number of hydrogen-bond donors (Lipinski definition) is 1. The largest absolute Gasteiger partial charge is 0.493 e. The molecule has 2 aromatic rings. The average molecular weight is 527 g/mol. The fraction of sp³-hybridized carbons (Fsp3) is 0.308. The lowest BCUT2D eigenvalue weighted by atomic mass is 10.1. The normalized spacial score (nSPS) is 16.3. The summed E-state index contributed by atoms with van der Waals surface area (Å²) >= 11 is 7.82. The second-order valence-corrected chi connectivity index (χ2v) is 10.0. The van der Waals surface area contributed by atoms with Crippen molar-refractivity contribution >= 4 is 51.4 Å². The number of amides is 1. The summed E-state index contributed by atoms with van der Waals surface area (Å²) in [5.41, 5.74) is 2.91. The molecule has 4 rings (SSSR count). The molecule has 10 heteroatoms. The topological polar surface area (TPSA) is 96.6 Å². The van der Waals surface area contributed by atoms with Crippen molar-refractivity contribution in [1.82, 2.24) is 5.01 Å². The minimum absolute atomic E-state index is 0.0351. The van der Waals surface area contributed by atoms with Crippen LogP contribution >= 0.6 is 23.4 Å². The number of ether oxygens (including phenoxy) is 3. The summed E-state index contributed by atoms with van der Waals surface area (Å²) in [5.74, 6) is 1.20. The number of carbonyl (C=O) groups excluding carboxylic acids is 1. The van der Waals surface area contributed by atoms with Crippen LogP contribution in [0, 0.1) is 25.2 Å². The van der Waals surface area contributed by atoms with Gasteiger partial charge >= 0.3 is 0 Å². The molecule has 188 valence electrons. The Bertz CT molecular complexity index is 1320. The number of fused-ring (bicyclic) bond motifs is 1. The molecule has 0 atom stereocenters. The lowest BCUT2D eigenvalue weighted by Gasteiger charge is -2.20. The minimum Gasteiger partial charge on any atom is -0.493 e. The van der Waals surface area contributed by atoms with Crippen LogP contribution in [0.5, 0.6) is 17.2 Å². The number of aryl methyl sites for hydroxylation is 2. The monoisotopic (exact) mass is 526 g/mol. The Kier molecular flexibility index (Phi) is 7.70. The number of halogens is 1. The molecule has 2 heterocycles. The molecular weight excluding hydrogens is 500 g/mol. The van der Waals surface area contributed by atoms with Crippen LogP contribution < -0.4 is 14.2 Å². The molecule has 0 radical (unpaired) electrons. The summed E-state index contributed by atoms with van der Waals surface area (Å²) in [4.78, 5) is 16.8. The Balaban J connectivity index is 1.49. The summed E-state index contributed by atoms with van der Waals surface area (Å²) in [6.45, 7) is 8.62. The number of aliphatic imine (C=N–C) groups is 1. The fourth-order valence-electron chi connectivity index (χ4n) is 3.63. The van der Waals surface area contributed by atoms with Crippen LogP contribution in [0.2, 0.25) is 5.02 Å². The van der Waals surface area contributed by atoms with Gasteiger partial charge in [0.25, 0.3) is 5.91 Å². The van der Waals surface area contributed by atoms with Gasteiger partial charge in [0.1, 0.15) is 24.0 Å². The van der Waals surface area contributed by atoms with E-state index in [1.165, 1.54) is 29.4 Å². The zero-order chi connectivity index (χ0) is 26.0. The highest BCUT2D eigenvalue weighted by molar-refractivity contribution is 8.27. The molecule has 2 aromatic carbocycles. The molecule has 1 amide bonds. The van der Waals surface area contributed by atoms with Gasteiger partial charge in [-0.25, -0.2) is 0 Å². The van der Waals surface area contributed by atoms with Crippen LogP contribution in [0.4, 0.5) is 0 Å². The molecule has 2 aliphatic heterocycles. The van der Waals surface area contributed by atoms with Crippen LogP contribution in [0.3, 0.4) is 0 Å². The first kappa shape index (κ1) is 25.8. The molecule has 0 bridgehead atoms. The average Bonchev–Trinajstić information content (AvgIpc) is 3.26. The molecule has 0 aromatic heterocycles. The van der Waals surface area contributed by atoms with Crippen molar-refractivity contribution in [2.75, 3.05) is 20.3 Å². The van der Waals surface area contributed by atoms with Gasteiger partial charge in [0, 0.05) is 5.92 Å². The van der Waals surface area contributed by atoms with Crippen LogP contribution in [-0.2, 0) is 4.79 Å². The Morgan fingerprint density at radius 1 is 1.14 bits per heavy atom. The second-order valence-electron chi connectivity index (χ2n) is 8.61. The first-order valence-electron chi connectivity index (χ1n) is 11.4. The number of amidine groups is 2. The highest BCUT2D eigenvalue weighted by Gasteiger charge is 2.36. The third kappa shape index (κ3) is 5.42. The summed E-state index contributed by atoms with van der Waals surface area (Å²) in [5, 5.41) is 15.9. The molecule has 0 aliphatic carbocycles. The van der Waals surface area contributed by atoms with Gasteiger partial charge in [0.2, 0.25) is 5.17 Å². The van der Waals surface area contributed by atoms with E-state index in [4.69, 9.17) is 31.2 Å². The maximum atomic E-state index is 12.7. The molecule has 0 saturated carbocycles. The molecule has 2 aliphatic rings. The van der Waals surface area contributed by atoms with Crippen molar-refractivity contribution in [3.63, 3.8) is 0 Å². The van der Waals surface area contributed by atoms with Crippen molar-refractivity contribution in [2.24, 2.45) is 16.0 Å². The lowest BCUT2D eigenvalue weighted by molar-refractivity contribution is -0.114. The van der Waals surface area contributed by atoms with Crippen molar-refractivity contribution in [1.29, 1.82) is 5.41 Å². The standard InChI is InChI=1S/C26H27ClN4O4S/c1-14(2)25-30-31-23(28)18(24(32)29-26(31)36-25)11-17-12-19(27)22(21(13-17)33-5)35-9-8-34-20-7-6-15(3)10-16(20)4/h6-7,10-14,28H,8-9H2,1-5H3/b18-11-,28-23?. The Hall–Kier alpha value is -3.30. The third-order valence-corrected chi connectivity index (χ3v) is 6.93. The highest BCUT2D eigenvalue weighted by Crippen LogP contribution is 2.38.